The molecule has 0 saturated carbocycles. The van der Waals surface area contributed by atoms with E-state index in [0.717, 1.165) is 24.2 Å². The second-order valence-electron chi connectivity index (χ2n) is 5.03. The number of H-pyrrole nitrogens is 1. The van der Waals surface area contributed by atoms with Gasteiger partial charge in [-0.3, -0.25) is 9.89 Å². The number of carbonyl (C=O) groups is 1. The minimum absolute atomic E-state index is 0.178. The fourth-order valence-corrected chi connectivity index (χ4v) is 2.03. The van der Waals surface area contributed by atoms with E-state index in [9.17, 15) is 4.79 Å². The molecule has 0 saturated heterocycles. The second-order valence-corrected chi connectivity index (χ2v) is 5.03. The summed E-state index contributed by atoms with van der Waals surface area (Å²) in [6, 6.07) is 6.94. The molecule has 0 fully saturated rings. The second kappa shape index (κ2) is 6.99. The van der Waals surface area contributed by atoms with Crippen LogP contribution in [0.2, 0.25) is 0 Å². The highest BCUT2D eigenvalue weighted by molar-refractivity contribution is 5.97. The maximum absolute atomic E-state index is 12.1. The van der Waals surface area contributed by atoms with Crippen LogP contribution in [0.25, 0.3) is 11.4 Å². The van der Waals surface area contributed by atoms with E-state index in [-0.39, 0.29) is 5.91 Å². The first-order valence-electron chi connectivity index (χ1n) is 7.16. The molecule has 2 rings (SSSR count). The number of nitrogens with two attached hydrogens (primary N) is 1. The minimum Gasteiger partial charge on any atom is -0.324 e. The van der Waals surface area contributed by atoms with Gasteiger partial charge in [-0.1, -0.05) is 31.9 Å². The molecule has 1 aromatic carbocycles. The molecule has 1 atom stereocenters. The average molecular weight is 287 g/mol. The number of para-hydroxylation sites is 1. The molecule has 1 aromatic heterocycles. The summed E-state index contributed by atoms with van der Waals surface area (Å²) in [7, 11) is 0. The predicted octanol–water partition coefficient (Wildman–Crippen LogP) is 2.24. The zero-order valence-electron chi connectivity index (χ0n) is 12.4. The summed E-state index contributed by atoms with van der Waals surface area (Å²) in [5.41, 5.74) is 7.34. The molecule has 0 aliphatic rings. The Morgan fingerprint density at radius 3 is 2.86 bits per heavy atom. The van der Waals surface area contributed by atoms with E-state index in [1.165, 1.54) is 0 Å². The number of aromatic nitrogens is 3. The van der Waals surface area contributed by atoms with Crippen LogP contribution in [0, 0.1) is 6.92 Å². The highest BCUT2D eigenvalue weighted by Crippen LogP contribution is 2.24. The van der Waals surface area contributed by atoms with Crippen molar-refractivity contribution in [2.45, 2.75) is 39.2 Å². The van der Waals surface area contributed by atoms with Crippen molar-refractivity contribution >= 4 is 11.6 Å². The van der Waals surface area contributed by atoms with Gasteiger partial charge in [0.15, 0.2) is 5.82 Å². The van der Waals surface area contributed by atoms with Gasteiger partial charge in [-0.2, -0.15) is 5.10 Å². The fraction of sp³-hybridized carbons (Fsp3) is 0.400. The van der Waals surface area contributed by atoms with E-state index in [4.69, 9.17) is 5.73 Å². The number of benzene rings is 1. The molecule has 0 aliphatic carbocycles. The lowest BCUT2D eigenvalue weighted by atomic mass is 10.1. The molecule has 1 amide bonds. The number of carbonyl (C=O) groups excluding carboxylic acids is 1. The molecule has 1 unspecified atom stereocenters. The van der Waals surface area contributed by atoms with Crippen LogP contribution in [0.4, 0.5) is 5.69 Å². The lowest BCUT2D eigenvalue weighted by molar-refractivity contribution is -0.117. The van der Waals surface area contributed by atoms with Gasteiger partial charge in [-0.25, -0.2) is 4.98 Å². The molecular formula is C15H21N5O. The van der Waals surface area contributed by atoms with Gasteiger partial charge in [0.2, 0.25) is 5.91 Å². The number of aryl methyl sites for hydroxylation is 1. The van der Waals surface area contributed by atoms with Crippen LogP contribution in [0.1, 0.15) is 32.0 Å². The van der Waals surface area contributed by atoms with Gasteiger partial charge < -0.3 is 11.1 Å². The first-order valence-corrected chi connectivity index (χ1v) is 7.16. The number of unbranched alkanes of at least 4 members (excludes halogenated alkanes) is 1. The highest BCUT2D eigenvalue weighted by atomic mass is 16.2. The summed E-state index contributed by atoms with van der Waals surface area (Å²) in [4.78, 5) is 16.4. The van der Waals surface area contributed by atoms with Gasteiger partial charge in [0.1, 0.15) is 5.82 Å². The molecule has 0 radical (unpaired) electrons. The lowest BCUT2D eigenvalue weighted by Crippen LogP contribution is -2.35. The van der Waals surface area contributed by atoms with Crippen molar-refractivity contribution in [3.63, 3.8) is 0 Å². The van der Waals surface area contributed by atoms with Crippen LogP contribution in [0.5, 0.6) is 0 Å². The zero-order chi connectivity index (χ0) is 15.2. The normalized spacial score (nSPS) is 12.1. The van der Waals surface area contributed by atoms with E-state index in [1.807, 2.05) is 31.2 Å². The summed E-state index contributed by atoms with van der Waals surface area (Å²) in [6.07, 6.45) is 2.65. The Labute approximate surface area is 124 Å². The highest BCUT2D eigenvalue weighted by Gasteiger charge is 2.16. The van der Waals surface area contributed by atoms with Gasteiger partial charge in [0.05, 0.1) is 11.7 Å². The van der Waals surface area contributed by atoms with Gasteiger partial charge >= 0.3 is 0 Å². The molecule has 6 heteroatoms. The van der Waals surface area contributed by atoms with Crippen LogP contribution in [-0.4, -0.2) is 27.1 Å². The number of anilines is 1. The molecule has 1 heterocycles. The third-order valence-electron chi connectivity index (χ3n) is 3.23. The van der Waals surface area contributed by atoms with E-state index < -0.39 is 6.04 Å². The molecular weight excluding hydrogens is 266 g/mol. The largest absolute Gasteiger partial charge is 0.324 e. The number of amides is 1. The Morgan fingerprint density at radius 1 is 1.43 bits per heavy atom. The molecule has 2 aromatic rings. The molecule has 4 N–H and O–H groups in total. The number of nitrogens with zero attached hydrogens (tertiary/aromatic N) is 2. The van der Waals surface area contributed by atoms with Crippen LogP contribution >= 0.6 is 0 Å². The Bertz CT molecular complexity index is 608. The standard InChI is InChI=1S/C15H21N5O/c1-3-4-8-12(16)15(21)18-13-9-6-5-7-11(13)14-17-10(2)19-20-14/h5-7,9,12H,3-4,8,16H2,1-2H3,(H,18,21)(H,17,19,20). The first-order chi connectivity index (χ1) is 10.1. The van der Waals surface area contributed by atoms with Crippen molar-refractivity contribution in [2.24, 2.45) is 5.73 Å². The Balaban J connectivity index is 2.15. The third-order valence-corrected chi connectivity index (χ3v) is 3.23. The predicted molar refractivity (Wildman–Crippen MR) is 82.7 cm³/mol. The lowest BCUT2D eigenvalue weighted by Gasteiger charge is -2.13. The average Bonchev–Trinajstić information content (AvgIpc) is 2.91. The van der Waals surface area contributed by atoms with Crippen LogP contribution < -0.4 is 11.1 Å². The molecule has 21 heavy (non-hydrogen) atoms. The van der Waals surface area contributed by atoms with Gasteiger partial charge in [0, 0.05) is 5.56 Å². The molecule has 0 aliphatic heterocycles. The Morgan fingerprint density at radius 2 is 2.19 bits per heavy atom. The number of hydrogen-bond donors (Lipinski definition) is 3. The van der Waals surface area contributed by atoms with Crippen LogP contribution in [0.3, 0.4) is 0 Å². The summed E-state index contributed by atoms with van der Waals surface area (Å²) in [6.45, 7) is 3.91. The summed E-state index contributed by atoms with van der Waals surface area (Å²) in [5.74, 6) is 1.11. The summed E-state index contributed by atoms with van der Waals surface area (Å²) < 4.78 is 0. The van der Waals surface area contributed by atoms with Crippen molar-refractivity contribution in [1.29, 1.82) is 0 Å². The van der Waals surface area contributed by atoms with Crippen molar-refractivity contribution < 1.29 is 4.79 Å². The smallest absolute Gasteiger partial charge is 0.241 e. The number of aromatic amines is 1. The maximum Gasteiger partial charge on any atom is 0.241 e. The third kappa shape index (κ3) is 3.88. The zero-order valence-corrected chi connectivity index (χ0v) is 12.4. The molecule has 0 bridgehead atoms. The van der Waals surface area contributed by atoms with Crippen molar-refractivity contribution in [2.75, 3.05) is 5.32 Å². The van der Waals surface area contributed by atoms with E-state index in [0.29, 0.717) is 17.9 Å². The van der Waals surface area contributed by atoms with Gasteiger partial charge in [-0.15, -0.1) is 0 Å². The fourth-order valence-electron chi connectivity index (χ4n) is 2.03. The Hall–Kier alpha value is -2.21. The van der Waals surface area contributed by atoms with Crippen molar-refractivity contribution in [3.8, 4) is 11.4 Å². The summed E-state index contributed by atoms with van der Waals surface area (Å²) >= 11 is 0. The summed E-state index contributed by atoms with van der Waals surface area (Å²) in [5, 5.41) is 9.80. The Kier molecular flexibility index (Phi) is 5.05. The minimum atomic E-state index is -0.494. The van der Waals surface area contributed by atoms with Gasteiger partial charge in [-0.05, 0) is 25.5 Å². The maximum atomic E-state index is 12.1. The van der Waals surface area contributed by atoms with E-state index in [1.54, 1.807) is 0 Å². The van der Waals surface area contributed by atoms with Crippen molar-refractivity contribution in [3.05, 3.63) is 30.1 Å². The monoisotopic (exact) mass is 287 g/mol. The van der Waals surface area contributed by atoms with Crippen molar-refractivity contribution in [1.82, 2.24) is 15.2 Å². The number of hydrogen-bond acceptors (Lipinski definition) is 4. The van der Waals surface area contributed by atoms with E-state index in [2.05, 4.69) is 27.4 Å². The quantitative estimate of drug-likeness (QED) is 0.759. The molecule has 112 valence electrons. The van der Waals surface area contributed by atoms with Crippen LogP contribution in [-0.2, 0) is 4.79 Å². The first kappa shape index (κ1) is 15.2. The molecule has 6 nitrogen and oxygen atoms in total. The number of nitrogens with one attached hydrogen (secondary N) is 2. The topological polar surface area (TPSA) is 96.7 Å². The van der Waals surface area contributed by atoms with Crippen LogP contribution in [0.15, 0.2) is 24.3 Å². The van der Waals surface area contributed by atoms with E-state index >= 15 is 0 Å². The SMILES string of the molecule is CCCCC(N)C(=O)Nc1ccccc1-c1n[nH]c(C)n1. The molecule has 0 spiro atoms. The van der Waals surface area contributed by atoms with Gasteiger partial charge in [0.25, 0.3) is 0 Å². The number of rotatable bonds is 6.